The Kier molecular flexibility index (Phi) is 6.83. The van der Waals surface area contributed by atoms with E-state index < -0.39 is 0 Å². The summed E-state index contributed by atoms with van der Waals surface area (Å²) >= 11 is 8.74. The first-order valence-corrected chi connectivity index (χ1v) is 10.5. The molecule has 0 aliphatic heterocycles. The van der Waals surface area contributed by atoms with Gasteiger partial charge in [-0.05, 0) is 49.4 Å². The van der Waals surface area contributed by atoms with Crippen LogP contribution in [0.5, 0.6) is 11.5 Å². The molecule has 8 heteroatoms. The third-order valence-corrected chi connectivity index (χ3v) is 6.03. The molecular formula is C20H19ClN2O3S2. The van der Waals surface area contributed by atoms with Gasteiger partial charge in [-0.2, -0.15) is 0 Å². The second-order valence-corrected chi connectivity index (χ2v) is 8.52. The van der Waals surface area contributed by atoms with Gasteiger partial charge in [0.05, 0.1) is 25.2 Å². The first-order chi connectivity index (χ1) is 13.5. The lowest BCUT2D eigenvalue weighted by Gasteiger charge is -2.10. The molecule has 0 bridgehead atoms. The molecule has 146 valence electrons. The fourth-order valence-corrected chi connectivity index (χ4v) is 4.15. The molecule has 1 N–H and O–H groups in total. The van der Waals surface area contributed by atoms with Crippen molar-refractivity contribution in [3.05, 3.63) is 52.9 Å². The number of methoxy groups -OCH3 is 2. The number of benzene rings is 2. The van der Waals surface area contributed by atoms with Crippen LogP contribution in [0.1, 0.15) is 6.92 Å². The van der Waals surface area contributed by atoms with Gasteiger partial charge in [-0.25, -0.2) is 4.98 Å². The van der Waals surface area contributed by atoms with Crippen molar-refractivity contribution in [1.29, 1.82) is 0 Å². The number of hydrogen-bond acceptors (Lipinski definition) is 6. The minimum Gasteiger partial charge on any atom is -0.493 e. The molecule has 5 nitrogen and oxygen atoms in total. The van der Waals surface area contributed by atoms with Crippen LogP contribution in [0.15, 0.2) is 52.7 Å². The topological polar surface area (TPSA) is 60.5 Å². The van der Waals surface area contributed by atoms with Crippen molar-refractivity contribution in [2.45, 2.75) is 17.1 Å². The average Bonchev–Trinajstić information content (AvgIpc) is 3.17. The molecule has 1 atom stereocenters. The predicted molar refractivity (Wildman–Crippen MR) is 116 cm³/mol. The van der Waals surface area contributed by atoms with Crippen LogP contribution in [0.25, 0.3) is 11.3 Å². The summed E-state index contributed by atoms with van der Waals surface area (Å²) in [6, 6.07) is 13.0. The molecule has 3 aromatic rings. The number of hydrogen-bond donors (Lipinski definition) is 1. The van der Waals surface area contributed by atoms with E-state index >= 15 is 0 Å². The third kappa shape index (κ3) is 4.98. The number of halogens is 1. The van der Waals surface area contributed by atoms with E-state index in [4.69, 9.17) is 21.1 Å². The molecule has 1 amide bonds. The fourth-order valence-electron chi connectivity index (χ4n) is 2.44. The smallest absolute Gasteiger partial charge is 0.239 e. The molecule has 0 spiro atoms. The third-order valence-electron chi connectivity index (χ3n) is 3.91. The molecule has 0 saturated carbocycles. The summed E-state index contributed by atoms with van der Waals surface area (Å²) < 4.78 is 10.6. The van der Waals surface area contributed by atoms with Crippen molar-refractivity contribution in [2.24, 2.45) is 0 Å². The summed E-state index contributed by atoms with van der Waals surface area (Å²) in [5, 5.41) is 5.74. The van der Waals surface area contributed by atoms with Crippen LogP contribution in [0.2, 0.25) is 5.02 Å². The lowest BCUT2D eigenvalue weighted by molar-refractivity contribution is -0.115. The van der Waals surface area contributed by atoms with Gasteiger partial charge in [0.15, 0.2) is 16.6 Å². The van der Waals surface area contributed by atoms with E-state index in [1.165, 1.54) is 23.1 Å². The van der Waals surface area contributed by atoms with E-state index in [1.54, 1.807) is 14.2 Å². The van der Waals surface area contributed by atoms with Crippen molar-refractivity contribution < 1.29 is 14.3 Å². The number of aromatic nitrogens is 1. The number of thioether (sulfide) groups is 1. The molecule has 0 aliphatic carbocycles. The molecule has 28 heavy (non-hydrogen) atoms. The highest BCUT2D eigenvalue weighted by molar-refractivity contribution is 8.00. The maximum absolute atomic E-state index is 12.5. The highest BCUT2D eigenvalue weighted by Gasteiger charge is 2.17. The number of thiazole rings is 1. The Morgan fingerprint density at radius 1 is 1.14 bits per heavy atom. The maximum atomic E-state index is 12.5. The van der Waals surface area contributed by atoms with Gasteiger partial charge in [-0.1, -0.05) is 11.6 Å². The van der Waals surface area contributed by atoms with Crippen molar-refractivity contribution in [1.82, 2.24) is 4.98 Å². The Hall–Kier alpha value is -2.22. The lowest BCUT2D eigenvalue weighted by atomic mass is 10.1. The second-order valence-electron chi connectivity index (χ2n) is 5.81. The number of amides is 1. The van der Waals surface area contributed by atoms with Crippen molar-refractivity contribution >= 4 is 45.7 Å². The van der Waals surface area contributed by atoms with Crippen LogP contribution >= 0.6 is 34.7 Å². The summed E-state index contributed by atoms with van der Waals surface area (Å²) in [4.78, 5) is 18.0. The summed E-state index contributed by atoms with van der Waals surface area (Å²) in [5.41, 5.74) is 1.65. The second kappa shape index (κ2) is 9.32. The van der Waals surface area contributed by atoms with E-state index in [1.807, 2.05) is 54.8 Å². The Morgan fingerprint density at radius 3 is 2.54 bits per heavy atom. The summed E-state index contributed by atoms with van der Waals surface area (Å²) in [6.45, 7) is 1.86. The van der Waals surface area contributed by atoms with Gasteiger partial charge in [0, 0.05) is 20.9 Å². The van der Waals surface area contributed by atoms with E-state index in [-0.39, 0.29) is 11.2 Å². The minimum atomic E-state index is -0.269. The number of ether oxygens (including phenoxy) is 2. The van der Waals surface area contributed by atoms with E-state index in [2.05, 4.69) is 10.3 Å². The van der Waals surface area contributed by atoms with Crippen LogP contribution in [0.3, 0.4) is 0 Å². The van der Waals surface area contributed by atoms with Crippen molar-refractivity contribution in [2.75, 3.05) is 19.5 Å². The van der Waals surface area contributed by atoms with Gasteiger partial charge in [-0.15, -0.1) is 23.1 Å². The Bertz CT molecular complexity index is 960. The lowest BCUT2D eigenvalue weighted by Crippen LogP contribution is -2.22. The summed E-state index contributed by atoms with van der Waals surface area (Å²) in [6.07, 6.45) is 0. The molecule has 0 radical (unpaired) electrons. The van der Waals surface area contributed by atoms with Crippen LogP contribution < -0.4 is 14.8 Å². The van der Waals surface area contributed by atoms with Crippen molar-refractivity contribution in [3.8, 4) is 22.8 Å². The minimum absolute atomic E-state index is 0.104. The molecule has 2 aromatic carbocycles. The predicted octanol–water partition coefficient (Wildman–Crippen LogP) is 5.60. The zero-order chi connectivity index (χ0) is 20.1. The SMILES string of the molecule is COc1ccc(-c2csc(NC(=O)C(C)Sc3ccc(Cl)cc3)n2)cc1OC. The molecule has 1 aromatic heterocycles. The Morgan fingerprint density at radius 2 is 1.86 bits per heavy atom. The molecule has 3 rings (SSSR count). The molecule has 0 fully saturated rings. The zero-order valence-corrected chi connectivity index (χ0v) is 18.0. The summed E-state index contributed by atoms with van der Waals surface area (Å²) in [5.74, 6) is 1.18. The number of rotatable bonds is 7. The van der Waals surface area contributed by atoms with E-state index in [0.717, 1.165) is 16.2 Å². The quantitative estimate of drug-likeness (QED) is 0.490. The van der Waals surface area contributed by atoms with Gasteiger partial charge in [0.2, 0.25) is 5.91 Å². The molecule has 0 saturated heterocycles. The standard InChI is InChI=1S/C20H19ClN2O3S2/c1-12(28-15-7-5-14(21)6-8-15)19(24)23-20-22-16(11-27-20)13-4-9-17(25-2)18(10-13)26-3/h4-12H,1-3H3,(H,22,23,24). The molecular weight excluding hydrogens is 416 g/mol. The first-order valence-electron chi connectivity index (χ1n) is 8.41. The molecule has 1 heterocycles. The van der Waals surface area contributed by atoms with Crippen molar-refractivity contribution in [3.63, 3.8) is 0 Å². The Balaban J connectivity index is 1.66. The normalized spacial score (nSPS) is 11.7. The largest absolute Gasteiger partial charge is 0.493 e. The molecule has 0 aliphatic rings. The highest BCUT2D eigenvalue weighted by Crippen LogP contribution is 2.34. The number of carbonyl (C=O) groups excluding carboxylic acids is 1. The number of nitrogens with one attached hydrogen (secondary N) is 1. The van der Waals surface area contributed by atoms with E-state index in [0.29, 0.717) is 21.7 Å². The Labute approximate surface area is 177 Å². The maximum Gasteiger partial charge on any atom is 0.239 e. The van der Waals surface area contributed by atoms with Gasteiger partial charge in [0.25, 0.3) is 0 Å². The first kappa shape index (κ1) is 20.5. The summed E-state index contributed by atoms with van der Waals surface area (Å²) in [7, 11) is 3.19. The van der Waals surface area contributed by atoms with Crippen LogP contribution in [-0.4, -0.2) is 30.4 Å². The number of carbonyl (C=O) groups is 1. The van der Waals surface area contributed by atoms with Crippen LogP contribution in [-0.2, 0) is 4.79 Å². The number of anilines is 1. The van der Waals surface area contributed by atoms with Gasteiger partial charge in [0.1, 0.15) is 0 Å². The molecule has 1 unspecified atom stereocenters. The van der Waals surface area contributed by atoms with Gasteiger partial charge >= 0.3 is 0 Å². The average molecular weight is 435 g/mol. The zero-order valence-electron chi connectivity index (χ0n) is 15.6. The fraction of sp³-hybridized carbons (Fsp3) is 0.200. The number of nitrogens with zero attached hydrogens (tertiary/aromatic N) is 1. The monoisotopic (exact) mass is 434 g/mol. The van der Waals surface area contributed by atoms with Gasteiger partial charge in [-0.3, -0.25) is 4.79 Å². The van der Waals surface area contributed by atoms with Crippen LogP contribution in [0, 0.1) is 0 Å². The highest BCUT2D eigenvalue weighted by atomic mass is 35.5. The van der Waals surface area contributed by atoms with Crippen LogP contribution in [0.4, 0.5) is 5.13 Å². The van der Waals surface area contributed by atoms with Gasteiger partial charge < -0.3 is 14.8 Å². The van der Waals surface area contributed by atoms with E-state index in [9.17, 15) is 4.79 Å².